The van der Waals surface area contributed by atoms with Crippen LogP contribution < -0.4 is 4.72 Å². The van der Waals surface area contributed by atoms with Gasteiger partial charge in [-0.05, 0) is 37.5 Å². The van der Waals surface area contributed by atoms with Gasteiger partial charge in [0.2, 0.25) is 10.0 Å². The summed E-state index contributed by atoms with van der Waals surface area (Å²) in [6.07, 6.45) is 0.651. The van der Waals surface area contributed by atoms with Gasteiger partial charge in [-0.25, -0.2) is 13.1 Å². The van der Waals surface area contributed by atoms with Crippen LogP contribution in [-0.2, 0) is 23.1 Å². The van der Waals surface area contributed by atoms with Crippen LogP contribution in [0.15, 0.2) is 34.5 Å². The molecule has 0 amide bonds. The van der Waals surface area contributed by atoms with Gasteiger partial charge in [0.15, 0.2) is 0 Å². The molecule has 4 nitrogen and oxygen atoms in total. The summed E-state index contributed by atoms with van der Waals surface area (Å²) < 4.78 is 27.2. The second-order valence-corrected chi connectivity index (χ2v) is 8.10. The van der Waals surface area contributed by atoms with E-state index in [0.29, 0.717) is 17.8 Å². The van der Waals surface area contributed by atoms with Crippen molar-refractivity contribution in [3.8, 4) is 0 Å². The van der Waals surface area contributed by atoms with Crippen LogP contribution in [0.5, 0.6) is 0 Å². The molecule has 0 unspecified atom stereocenters. The van der Waals surface area contributed by atoms with Crippen molar-refractivity contribution in [1.29, 1.82) is 0 Å². The van der Waals surface area contributed by atoms with E-state index in [9.17, 15) is 8.42 Å². The normalized spacial score (nSPS) is 11.8. The smallest absolute Gasteiger partial charge is 0.250 e. The van der Waals surface area contributed by atoms with Crippen LogP contribution in [0.2, 0.25) is 0 Å². The van der Waals surface area contributed by atoms with E-state index in [1.54, 1.807) is 13.0 Å². The largest absolute Gasteiger partial charge is 0.391 e. The Hall–Kier alpha value is -1.21. The number of nitrogens with one attached hydrogen (secondary N) is 1. The van der Waals surface area contributed by atoms with E-state index >= 15 is 0 Å². The number of thiophene rings is 1. The van der Waals surface area contributed by atoms with Gasteiger partial charge >= 0.3 is 0 Å². The zero-order chi connectivity index (χ0) is 15.5. The molecule has 1 heterocycles. The fraction of sp³-hybridized carbons (Fsp3) is 0.333. The lowest BCUT2D eigenvalue weighted by Crippen LogP contribution is -2.25. The second kappa shape index (κ2) is 6.70. The van der Waals surface area contributed by atoms with Crippen LogP contribution in [0.1, 0.15) is 21.6 Å². The number of hydrogen-bond donors (Lipinski definition) is 2. The molecule has 0 bridgehead atoms. The predicted molar refractivity (Wildman–Crippen MR) is 85.1 cm³/mol. The van der Waals surface area contributed by atoms with Crippen molar-refractivity contribution >= 4 is 21.4 Å². The number of benzene rings is 1. The fourth-order valence-corrected chi connectivity index (χ4v) is 4.57. The molecular weight excluding hydrogens is 306 g/mol. The maximum absolute atomic E-state index is 12.2. The Balaban J connectivity index is 2.01. The average molecular weight is 325 g/mol. The Labute approximate surface area is 129 Å². The summed E-state index contributed by atoms with van der Waals surface area (Å²) >= 11 is 1.11. The summed E-state index contributed by atoms with van der Waals surface area (Å²) in [6.45, 7) is 4.04. The standard InChI is InChI=1S/C15H19NO3S2/c1-11-4-3-5-13(8-11)6-7-16-21(18,19)15-9-12(2)14(10-17)20-15/h3-5,8-9,16-17H,6-7,10H2,1-2H3. The first-order valence-corrected chi connectivity index (χ1v) is 8.98. The van der Waals surface area contributed by atoms with Crippen molar-refractivity contribution in [2.24, 2.45) is 0 Å². The first-order chi connectivity index (χ1) is 9.92. The first kappa shape index (κ1) is 16.2. The molecule has 0 spiro atoms. The Morgan fingerprint density at radius 3 is 2.62 bits per heavy atom. The van der Waals surface area contributed by atoms with Gasteiger partial charge in [-0.3, -0.25) is 0 Å². The minimum absolute atomic E-state index is 0.130. The van der Waals surface area contributed by atoms with E-state index in [4.69, 9.17) is 5.11 Å². The van der Waals surface area contributed by atoms with Crippen LogP contribution in [-0.4, -0.2) is 20.1 Å². The molecule has 0 saturated heterocycles. The van der Waals surface area contributed by atoms with Crippen LogP contribution in [0, 0.1) is 13.8 Å². The van der Waals surface area contributed by atoms with Crippen molar-refractivity contribution < 1.29 is 13.5 Å². The van der Waals surface area contributed by atoms with Gasteiger partial charge in [-0.15, -0.1) is 11.3 Å². The average Bonchev–Trinajstić information content (AvgIpc) is 2.81. The van der Waals surface area contributed by atoms with Crippen LogP contribution in [0.3, 0.4) is 0 Å². The number of aliphatic hydroxyl groups excluding tert-OH is 1. The highest BCUT2D eigenvalue weighted by Gasteiger charge is 2.18. The lowest BCUT2D eigenvalue weighted by atomic mass is 10.1. The lowest BCUT2D eigenvalue weighted by molar-refractivity contribution is 0.285. The molecule has 0 aliphatic heterocycles. The summed E-state index contributed by atoms with van der Waals surface area (Å²) in [5, 5.41) is 9.14. The topological polar surface area (TPSA) is 66.4 Å². The number of rotatable bonds is 6. The van der Waals surface area contributed by atoms with Gasteiger partial charge in [0, 0.05) is 11.4 Å². The highest BCUT2D eigenvalue weighted by Crippen LogP contribution is 2.25. The molecule has 0 aliphatic carbocycles. The molecule has 2 aromatic rings. The number of aliphatic hydroxyl groups is 1. The lowest BCUT2D eigenvalue weighted by Gasteiger charge is -2.05. The van der Waals surface area contributed by atoms with E-state index in [2.05, 4.69) is 4.72 Å². The molecule has 0 radical (unpaired) electrons. The van der Waals surface area contributed by atoms with Crippen molar-refractivity contribution in [3.63, 3.8) is 0 Å². The van der Waals surface area contributed by atoms with Gasteiger partial charge in [0.25, 0.3) is 0 Å². The SMILES string of the molecule is Cc1cccc(CCNS(=O)(=O)c2cc(C)c(CO)s2)c1. The summed E-state index contributed by atoms with van der Waals surface area (Å²) in [7, 11) is -3.49. The van der Waals surface area contributed by atoms with Crippen molar-refractivity contribution in [2.75, 3.05) is 6.54 Å². The van der Waals surface area contributed by atoms with Gasteiger partial charge < -0.3 is 5.11 Å². The molecule has 21 heavy (non-hydrogen) atoms. The zero-order valence-electron chi connectivity index (χ0n) is 12.1. The maximum Gasteiger partial charge on any atom is 0.250 e. The van der Waals surface area contributed by atoms with Gasteiger partial charge in [0.1, 0.15) is 4.21 Å². The summed E-state index contributed by atoms with van der Waals surface area (Å²) in [6, 6.07) is 9.62. The Kier molecular flexibility index (Phi) is 5.16. The first-order valence-electron chi connectivity index (χ1n) is 6.68. The third-order valence-corrected chi connectivity index (χ3v) is 6.35. The van der Waals surface area contributed by atoms with E-state index < -0.39 is 10.0 Å². The van der Waals surface area contributed by atoms with E-state index in [-0.39, 0.29) is 10.8 Å². The third-order valence-electron chi connectivity index (χ3n) is 3.19. The monoisotopic (exact) mass is 325 g/mol. The molecule has 0 fully saturated rings. The zero-order valence-corrected chi connectivity index (χ0v) is 13.7. The minimum atomic E-state index is -3.49. The second-order valence-electron chi connectivity index (χ2n) is 4.97. The number of aryl methyl sites for hydroxylation is 2. The van der Waals surface area contributed by atoms with Crippen molar-refractivity contribution in [2.45, 2.75) is 31.1 Å². The number of hydrogen-bond acceptors (Lipinski definition) is 4. The maximum atomic E-state index is 12.2. The minimum Gasteiger partial charge on any atom is -0.391 e. The van der Waals surface area contributed by atoms with Gasteiger partial charge in [0.05, 0.1) is 6.61 Å². The summed E-state index contributed by atoms with van der Waals surface area (Å²) in [4.78, 5) is 0.689. The quantitative estimate of drug-likeness (QED) is 0.857. The van der Waals surface area contributed by atoms with E-state index in [0.717, 1.165) is 28.0 Å². The molecule has 0 saturated carbocycles. The van der Waals surface area contributed by atoms with Crippen molar-refractivity contribution in [3.05, 3.63) is 51.9 Å². The molecule has 114 valence electrons. The predicted octanol–water partition coefficient (Wildman–Crippen LogP) is 2.38. The number of sulfonamides is 1. The third kappa shape index (κ3) is 4.14. The Morgan fingerprint density at radius 1 is 1.24 bits per heavy atom. The summed E-state index contributed by atoms with van der Waals surface area (Å²) in [5.41, 5.74) is 3.08. The Bertz CT molecular complexity index is 720. The molecule has 1 aromatic carbocycles. The molecule has 0 aliphatic rings. The molecule has 1 aromatic heterocycles. The Morgan fingerprint density at radius 2 is 2.00 bits per heavy atom. The fourth-order valence-electron chi connectivity index (χ4n) is 2.05. The van der Waals surface area contributed by atoms with Crippen LogP contribution >= 0.6 is 11.3 Å². The summed E-state index contributed by atoms with van der Waals surface area (Å²) in [5.74, 6) is 0. The molecule has 2 N–H and O–H groups in total. The molecular formula is C15H19NO3S2. The van der Waals surface area contributed by atoms with E-state index in [1.165, 1.54) is 0 Å². The van der Waals surface area contributed by atoms with Crippen molar-refractivity contribution in [1.82, 2.24) is 4.72 Å². The van der Waals surface area contributed by atoms with E-state index in [1.807, 2.05) is 31.2 Å². The molecule has 6 heteroatoms. The molecule has 0 atom stereocenters. The highest BCUT2D eigenvalue weighted by molar-refractivity contribution is 7.91. The van der Waals surface area contributed by atoms with Crippen LogP contribution in [0.4, 0.5) is 0 Å². The highest BCUT2D eigenvalue weighted by atomic mass is 32.2. The van der Waals surface area contributed by atoms with Gasteiger partial charge in [-0.1, -0.05) is 29.8 Å². The molecule has 2 rings (SSSR count). The van der Waals surface area contributed by atoms with Gasteiger partial charge in [-0.2, -0.15) is 0 Å². The van der Waals surface area contributed by atoms with Crippen LogP contribution in [0.25, 0.3) is 0 Å².